The van der Waals surface area contributed by atoms with Gasteiger partial charge in [-0.25, -0.2) is 0 Å². The molecule has 1 amide bonds. The van der Waals surface area contributed by atoms with Gasteiger partial charge in [0.05, 0.1) is 12.9 Å². The molecule has 5 heteroatoms. The smallest absolute Gasteiger partial charge is 0.270 e. The number of methoxy groups -OCH3 is 1. The van der Waals surface area contributed by atoms with E-state index in [1.165, 1.54) is 17.7 Å². The Kier molecular flexibility index (Phi) is 5.55. The number of ether oxygens (including phenoxy) is 1. The van der Waals surface area contributed by atoms with Gasteiger partial charge < -0.3 is 19.9 Å². The van der Waals surface area contributed by atoms with Gasteiger partial charge in [-0.2, -0.15) is 0 Å². The number of fused-ring (bicyclic) bond motifs is 2. The average molecular weight is 422 g/mol. The van der Waals surface area contributed by atoms with Gasteiger partial charge in [-0.15, -0.1) is 0 Å². The molecule has 3 unspecified atom stereocenters. The zero-order valence-corrected chi connectivity index (χ0v) is 19.0. The first kappa shape index (κ1) is 20.6. The summed E-state index contributed by atoms with van der Waals surface area (Å²) in [5.41, 5.74) is 3.39. The van der Waals surface area contributed by atoms with Crippen molar-refractivity contribution in [2.75, 3.05) is 26.7 Å². The normalized spacial score (nSPS) is 29.7. The molecule has 2 heterocycles. The van der Waals surface area contributed by atoms with Crippen LogP contribution in [-0.4, -0.2) is 54.5 Å². The van der Waals surface area contributed by atoms with E-state index in [0.717, 1.165) is 50.4 Å². The van der Waals surface area contributed by atoms with Crippen LogP contribution in [-0.2, 0) is 9.53 Å². The predicted molar refractivity (Wildman–Crippen MR) is 123 cm³/mol. The zero-order valence-electron chi connectivity index (χ0n) is 19.0. The number of hydrogen-bond acceptors (Lipinski definition) is 4. The summed E-state index contributed by atoms with van der Waals surface area (Å²) in [4.78, 5) is 17.9. The molecule has 0 bridgehead atoms. The minimum atomic E-state index is 0.190. The summed E-state index contributed by atoms with van der Waals surface area (Å²) in [5, 5.41) is 3.63. The Bertz CT molecular complexity index is 886. The van der Waals surface area contributed by atoms with Crippen LogP contribution in [0.1, 0.15) is 39.5 Å². The van der Waals surface area contributed by atoms with Crippen molar-refractivity contribution in [3.05, 3.63) is 59.2 Å². The average Bonchev–Trinajstić information content (AvgIpc) is 3.47. The topological polar surface area (TPSA) is 44.8 Å². The Morgan fingerprint density at radius 3 is 2.81 bits per heavy atom. The number of likely N-dealkylation sites (tertiary alicyclic amines) is 1. The summed E-state index contributed by atoms with van der Waals surface area (Å²) in [6, 6.07) is 1.01. The van der Waals surface area contributed by atoms with Crippen molar-refractivity contribution in [3.8, 4) is 0 Å². The minimum absolute atomic E-state index is 0.190. The monoisotopic (exact) mass is 421 g/mol. The molecule has 2 fully saturated rings. The van der Waals surface area contributed by atoms with Crippen LogP contribution in [0.15, 0.2) is 59.2 Å². The SMILES string of the molecule is COC1=CC(CN2C(C(=O)N3CCC(NC(C)C)CC3)=CC3CC=CC=C32)=CC2CC12. The summed E-state index contributed by atoms with van der Waals surface area (Å²) in [7, 11) is 1.77. The van der Waals surface area contributed by atoms with Gasteiger partial charge in [-0.1, -0.05) is 32.1 Å². The van der Waals surface area contributed by atoms with Crippen LogP contribution in [0.4, 0.5) is 0 Å². The molecule has 3 atom stereocenters. The first-order chi connectivity index (χ1) is 15.0. The van der Waals surface area contributed by atoms with E-state index in [4.69, 9.17) is 4.74 Å². The molecule has 31 heavy (non-hydrogen) atoms. The van der Waals surface area contributed by atoms with Crippen LogP contribution in [0.2, 0.25) is 0 Å². The zero-order chi connectivity index (χ0) is 21.5. The molecule has 0 spiro atoms. The van der Waals surface area contributed by atoms with Crippen molar-refractivity contribution in [2.24, 2.45) is 17.8 Å². The van der Waals surface area contributed by atoms with E-state index >= 15 is 0 Å². The van der Waals surface area contributed by atoms with Crippen molar-refractivity contribution < 1.29 is 9.53 Å². The molecule has 1 saturated heterocycles. The van der Waals surface area contributed by atoms with Crippen molar-refractivity contribution >= 4 is 5.91 Å². The highest BCUT2D eigenvalue weighted by atomic mass is 16.5. The van der Waals surface area contributed by atoms with Gasteiger partial charge in [-0.05, 0) is 55.4 Å². The van der Waals surface area contributed by atoms with Gasteiger partial charge >= 0.3 is 0 Å². The van der Waals surface area contributed by atoms with E-state index in [0.29, 0.717) is 29.8 Å². The maximum absolute atomic E-state index is 13.6. The number of nitrogens with zero attached hydrogens (tertiary/aromatic N) is 2. The van der Waals surface area contributed by atoms with Crippen LogP contribution in [0.3, 0.4) is 0 Å². The summed E-state index contributed by atoms with van der Waals surface area (Å²) in [5.74, 6) is 2.80. The van der Waals surface area contributed by atoms with E-state index in [-0.39, 0.29) is 5.91 Å². The van der Waals surface area contributed by atoms with Crippen molar-refractivity contribution in [1.82, 2.24) is 15.1 Å². The molecule has 2 aliphatic heterocycles. The standard InChI is InChI=1S/C26H35N3O2/c1-17(2)27-21-8-10-28(11-9-21)26(30)24-15-19-6-4-5-7-23(19)29(24)16-18-12-20-14-22(20)25(13-18)31-3/h4-5,7,12-13,15,17,19-22,27H,6,8-11,14,16H2,1-3H3. The minimum Gasteiger partial charge on any atom is -0.501 e. The van der Waals surface area contributed by atoms with E-state index < -0.39 is 0 Å². The number of nitrogens with one attached hydrogen (secondary N) is 1. The third-order valence-electron chi connectivity index (χ3n) is 7.24. The lowest BCUT2D eigenvalue weighted by atomic mass is 9.98. The molecular weight excluding hydrogens is 386 g/mol. The molecule has 3 aliphatic carbocycles. The lowest BCUT2D eigenvalue weighted by Crippen LogP contribution is -2.48. The lowest BCUT2D eigenvalue weighted by Gasteiger charge is -2.35. The second-order valence-corrected chi connectivity index (χ2v) is 9.89. The largest absolute Gasteiger partial charge is 0.501 e. The molecule has 0 aromatic carbocycles. The van der Waals surface area contributed by atoms with Crippen molar-refractivity contribution in [2.45, 2.75) is 51.6 Å². The van der Waals surface area contributed by atoms with Gasteiger partial charge in [0.2, 0.25) is 0 Å². The van der Waals surface area contributed by atoms with Gasteiger partial charge in [-0.3, -0.25) is 4.79 Å². The van der Waals surface area contributed by atoms with Crippen LogP contribution in [0.25, 0.3) is 0 Å². The number of piperidine rings is 1. The van der Waals surface area contributed by atoms with E-state index in [2.05, 4.69) is 65.4 Å². The fourth-order valence-corrected chi connectivity index (χ4v) is 5.58. The second kappa shape index (κ2) is 8.34. The molecule has 5 rings (SSSR count). The molecule has 166 valence electrons. The number of allylic oxidation sites excluding steroid dienone is 6. The molecule has 0 radical (unpaired) electrons. The van der Waals surface area contributed by atoms with Gasteiger partial charge in [0, 0.05) is 49.3 Å². The Balaban J connectivity index is 1.32. The van der Waals surface area contributed by atoms with Crippen molar-refractivity contribution in [1.29, 1.82) is 0 Å². The van der Waals surface area contributed by atoms with E-state index in [1.54, 1.807) is 7.11 Å². The Labute approximate surface area is 186 Å². The van der Waals surface area contributed by atoms with Crippen LogP contribution in [0.5, 0.6) is 0 Å². The van der Waals surface area contributed by atoms with E-state index in [9.17, 15) is 4.79 Å². The molecular formula is C26H35N3O2. The third kappa shape index (κ3) is 4.12. The predicted octanol–water partition coefficient (Wildman–Crippen LogP) is 3.74. The highest BCUT2D eigenvalue weighted by Crippen LogP contribution is 2.49. The summed E-state index contributed by atoms with van der Waals surface area (Å²) in [6.07, 6.45) is 17.5. The number of carbonyl (C=O) groups is 1. The molecule has 5 nitrogen and oxygen atoms in total. The summed E-state index contributed by atoms with van der Waals surface area (Å²) in [6.45, 7) is 6.78. The Hall–Kier alpha value is -2.27. The fraction of sp³-hybridized carbons (Fsp3) is 0.577. The number of rotatable bonds is 6. The number of amides is 1. The number of carbonyl (C=O) groups excluding carboxylic acids is 1. The van der Waals surface area contributed by atoms with Gasteiger partial charge in [0.15, 0.2) is 0 Å². The Morgan fingerprint density at radius 2 is 2.06 bits per heavy atom. The fourth-order valence-electron chi connectivity index (χ4n) is 5.58. The van der Waals surface area contributed by atoms with E-state index in [1.807, 2.05) is 0 Å². The first-order valence-electron chi connectivity index (χ1n) is 11.9. The van der Waals surface area contributed by atoms with Crippen LogP contribution >= 0.6 is 0 Å². The summed E-state index contributed by atoms with van der Waals surface area (Å²) < 4.78 is 5.63. The van der Waals surface area contributed by atoms with Crippen LogP contribution in [0, 0.1) is 17.8 Å². The summed E-state index contributed by atoms with van der Waals surface area (Å²) >= 11 is 0. The molecule has 0 aromatic heterocycles. The highest BCUT2D eigenvalue weighted by Gasteiger charge is 2.43. The number of hydrogen-bond donors (Lipinski definition) is 1. The maximum atomic E-state index is 13.6. The quantitative estimate of drug-likeness (QED) is 0.710. The van der Waals surface area contributed by atoms with Gasteiger partial charge in [0.25, 0.3) is 5.91 Å². The molecule has 1 N–H and O–H groups in total. The second-order valence-electron chi connectivity index (χ2n) is 9.89. The molecule has 5 aliphatic rings. The van der Waals surface area contributed by atoms with Gasteiger partial charge in [0.1, 0.15) is 5.70 Å². The lowest BCUT2D eigenvalue weighted by molar-refractivity contribution is -0.129. The van der Waals surface area contributed by atoms with Crippen LogP contribution < -0.4 is 5.32 Å². The highest BCUT2D eigenvalue weighted by molar-refractivity contribution is 5.94. The maximum Gasteiger partial charge on any atom is 0.270 e. The van der Waals surface area contributed by atoms with Crippen molar-refractivity contribution in [3.63, 3.8) is 0 Å². The molecule has 1 saturated carbocycles. The third-order valence-corrected chi connectivity index (χ3v) is 7.24. The first-order valence-corrected chi connectivity index (χ1v) is 11.9. The Morgan fingerprint density at radius 1 is 1.26 bits per heavy atom. The molecule has 0 aromatic rings.